The minimum Gasteiger partial charge on any atom is -0.367 e. The number of morpholine rings is 1. The van der Waals surface area contributed by atoms with Crippen LogP contribution in [-0.2, 0) is 4.74 Å². The molecule has 2 aliphatic heterocycles. The molecule has 0 spiro atoms. The van der Waals surface area contributed by atoms with Crippen molar-refractivity contribution < 1.29 is 9.26 Å². The average Bonchev–Trinajstić information content (AvgIpc) is 3.07. The monoisotopic (exact) mass is 284 g/mol. The molecule has 106 valence electrons. The summed E-state index contributed by atoms with van der Waals surface area (Å²) >= 11 is 1.84. The van der Waals surface area contributed by atoms with Gasteiger partial charge in [-0.2, -0.15) is 16.7 Å². The number of thioether (sulfide) groups is 1. The van der Waals surface area contributed by atoms with Gasteiger partial charge in [0.2, 0.25) is 11.7 Å². The first-order chi connectivity index (χ1) is 9.28. The summed E-state index contributed by atoms with van der Waals surface area (Å²) in [5.41, 5.74) is 6.05. The van der Waals surface area contributed by atoms with Crippen LogP contribution in [0.2, 0.25) is 0 Å². The second-order valence-corrected chi connectivity index (χ2v) is 6.13. The molecule has 1 aromatic heterocycles. The topological polar surface area (TPSA) is 77.4 Å². The van der Waals surface area contributed by atoms with Crippen molar-refractivity contribution >= 4 is 11.8 Å². The molecule has 3 atom stereocenters. The summed E-state index contributed by atoms with van der Waals surface area (Å²) in [5.74, 6) is 3.46. The van der Waals surface area contributed by atoms with E-state index in [-0.39, 0.29) is 18.1 Å². The molecule has 3 unspecified atom stereocenters. The first kappa shape index (κ1) is 13.4. The Morgan fingerprint density at radius 3 is 3.11 bits per heavy atom. The Morgan fingerprint density at radius 1 is 1.47 bits per heavy atom. The molecule has 1 aromatic rings. The van der Waals surface area contributed by atoms with Gasteiger partial charge in [0.1, 0.15) is 6.10 Å². The summed E-state index contributed by atoms with van der Waals surface area (Å²) < 4.78 is 11.1. The van der Waals surface area contributed by atoms with E-state index in [0.717, 1.165) is 37.7 Å². The molecule has 3 heterocycles. The van der Waals surface area contributed by atoms with Crippen molar-refractivity contribution in [3.05, 3.63) is 11.7 Å². The Morgan fingerprint density at radius 2 is 2.37 bits per heavy atom. The van der Waals surface area contributed by atoms with Crippen LogP contribution in [0.25, 0.3) is 0 Å². The number of rotatable bonds is 3. The van der Waals surface area contributed by atoms with Crippen LogP contribution in [0.4, 0.5) is 0 Å². The van der Waals surface area contributed by atoms with Gasteiger partial charge in [-0.15, -0.1) is 0 Å². The van der Waals surface area contributed by atoms with Crippen molar-refractivity contribution in [3.8, 4) is 0 Å². The Kier molecular flexibility index (Phi) is 4.07. The lowest BCUT2D eigenvalue weighted by Gasteiger charge is -2.30. The maximum Gasteiger partial charge on any atom is 0.232 e. The number of likely N-dealkylation sites (N-methyl/N-ethyl adjacent to an activating group) is 1. The van der Waals surface area contributed by atoms with Crippen LogP contribution >= 0.6 is 11.8 Å². The third-order valence-electron chi connectivity index (χ3n) is 3.78. The number of nitrogens with two attached hydrogens (primary N) is 1. The van der Waals surface area contributed by atoms with Gasteiger partial charge < -0.3 is 15.0 Å². The SMILES string of the molecule is CCN1CCOC(c2noc(C3CSCC3N)n2)C1. The quantitative estimate of drug-likeness (QED) is 0.871. The Balaban J connectivity index is 1.70. The zero-order valence-corrected chi connectivity index (χ0v) is 11.9. The second kappa shape index (κ2) is 5.78. The number of aromatic nitrogens is 2. The molecule has 6 nitrogen and oxygen atoms in total. The van der Waals surface area contributed by atoms with Gasteiger partial charge in [-0.05, 0) is 6.54 Å². The number of nitrogens with zero attached hydrogens (tertiary/aromatic N) is 3. The molecule has 0 aliphatic carbocycles. The summed E-state index contributed by atoms with van der Waals surface area (Å²) in [4.78, 5) is 6.85. The van der Waals surface area contributed by atoms with Gasteiger partial charge in [-0.3, -0.25) is 4.90 Å². The Labute approximate surface area is 117 Å². The summed E-state index contributed by atoms with van der Waals surface area (Å²) in [6.45, 7) is 5.71. The molecule has 0 aromatic carbocycles. The fourth-order valence-electron chi connectivity index (χ4n) is 2.50. The molecule has 3 rings (SSSR count). The second-order valence-electron chi connectivity index (χ2n) is 5.05. The van der Waals surface area contributed by atoms with Gasteiger partial charge >= 0.3 is 0 Å². The van der Waals surface area contributed by atoms with Crippen LogP contribution in [0, 0.1) is 0 Å². The molecular formula is C12H20N4O2S. The van der Waals surface area contributed by atoms with E-state index < -0.39 is 0 Å². The summed E-state index contributed by atoms with van der Waals surface area (Å²) in [5, 5.41) is 4.09. The van der Waals surface area contributed by atoms with Crippen LogP contribution in [-0.4, -0.2) is 58.8 Å². The lowest BCUT2D eigenvalue weighted by Crippen LogP contribution is -2.38. The Bertz CT molecular complexity index is 428. The van der Waals surface area contributed by atoms with E-state index in [9.17, 15) is 0 Å². The molecule has 0 saturated carbocycles. The first-order valence-corrected chi connectivity index (χ1v) is 7.94. The van der Waals surface area contributed by atoms with E-state index in [4.69, 9.17) is 15.0 Å². The van der Waals surface area contributed by atoms with Gasteiger partial charge in [0.05, 0.1) is 12.5 Å². The summed E-state index contributed by atoms with van der Waals surface area (Å²) in [6, 6.07) is 0.123. The van der Waals surface area contributed by atoms with Crippen LogP contribution in [0.15, 0.2) is 4.52 Å². The maximum absolute atomic E-state index is 6.05. The largest absolute Gasteiger partial charge is 0.367 e. The molecule has 2 fully saturated rings. The minimum atomic E-state index is -0.0727. The summed E-state index contributed by atoms with van der Waals surface area (Å²) in [7, 11) is 0. The zero-order valence-electron chi connectivity index (χ0n) is 11.1. The van der Waals surface area contributed by atoms with Crippen molar-refractivity contribution in [1.82, 2.24) is 15.0 Å². The van der Waals surface area contributed by atoms with Crippen LogP contribution in [0.5, 0.6) is 0 Å². The lowest BCUT2D eigenvalue weighted by molar-refractivity contribution is -0.0334. The fourth-order valence-corrected chi connectivity index (χ4v) is 3.78. The third-order valence-corrected chi connectivity index (χ3v) is 5.00. The molecule has 2 N–H and O–H groups in total. The van der Waals surface area contributed by atoms with Crippen LogP contribution in [0.1, 0.15) is 30.7 Å². The van der Waals surface area contributed by atoms with Crippen molar-refractivity contribution in [1.29, 1.82) is 0 Å². The number of hydrogen-bond acceptors (Lipinski definition) is 7. The molecule has 0 amide bonds. The van der Waals surface area contributed by atoms with Gasteiger partial charge in [-0.1, -0.05) is 12.1 Å². The predicted octanol–water partition coefficient (Wildman–Crippen LogP) is 0.620. The normalized spacial score (nSPS) is 32.8. The van der Waals surface area contributed by atoms with Gasteiger partial charge in [0.15, 0.2) is 0 Å². The molecule has 19 heavy (non-hydrogen) atoms. The van der Waals surface area contributed by atoms with E-state index in [0.29, 0.717) is 11.7 Å². The minimum absolute atomic E-state index is 0.0727. The van der Waals surface area contributed by atoms with Crippen molar-refractivity contribution in [2.75, 3.05) is 37.7 Å². The standard InChI is InChI=1S/C12H20N4O2S/c1-2-16-3-4-17-10(5-16)11-14-12(18-15-11)8-6-19-7-9(8)13/h8-10H,2-7,13H2,1H3. The highest BCUT2D eigenvalue weighted by atomic mass is 32.2. The summed E-state index contributed by atoms with van der Waals surface area (Å²) in [6.07, 6.45) is -0.0727. The number of hydrogen-bond donors (Lipinski definition) is 1. The molecule has 2 aliphatic rings. The molecule has 7 heteroatoms. The molecular weight excluding hydrogens is 264 g/mol. The van der Waals surface area contributed by atoms with E-state index in [1.807, 2.05) is 11.8 Å². The van der Waals surface area contributed by atoms with E-state index >= 15 is 0 Å². The average molecular weight is 284 g/mol. The number of ether oxygens (including phenoxy) is 1. The van der Waals surface area contributed by atoms with Gasteiger partial charge in [0, 0.05) is 30.6 Å². The van der Waals surface area contributed by atoms with Gasteiger partial charge in [-0.25, -0.2) is 0 Å². The molecule has 0 bridgehead atoms. The third kappa shape index (κ3) is 2.79. The first-order valence-electron chi connectivity index (χ1n) is 6.78. The van der Waals surface area contributed by atoms with Gasteiger partial charge in [0.25, 0.3) is 0 Å². The van der Waals surface area contributed by atoms with E-state index in [2.05, 4.69) is 22.0 Å². The highest BCUT2D eigenvalue weighted by Gasteiger charge is 2.32. The van der Waals surface area contributed by atoms with Crippen molar-refractivity contribution in [2.24, 2.45) is 5.73 Å². The maximum atomic E-state index is 6.05. The predicted molar refractivity (Wildman–Crippen MR) is 73.1 cm³/mol. The molecule has 2 saturated heterocycles. The lowest BCUT2D eigenvalue weighted by atomic mass is 10.1. The van der Waals surface area contributed by atoms with Crippen LogP contribution < -0.4 is 5.73 Å². The highest BCUT2D eigenvalue weighted by molar-refractivity contribution is 7.99. The van der Waals surface area contributed by atoms with E-state index in [1.165, 1.54) is 0 Å². The Hall–Kier alpha value is -0.630. The van der Waals surface area contributed by atoms with E-state index in [1.54, 1.807) is 0 Å². The van der Waals surface area contributed by atoms with Crippen molar-refractivity contribution in [2.45, 2.75) is 25.0 Å². The smallest absolute Gasteiger partial charge is 0.232 e. The van der Waals surface area contributed by atoms with Crippen LogP contribution in [0.3, 0.4) is 0 Å². The fraction of sp³-hybridized carbons (Fsp3) is 0.833. The highest BCUT2D eigenvalue weighted by Crippen LogP contribution is 2.31. The van der Waals surface area contributed by atoms with Crippen molar-refractivity contribution in [3.63, 3.8) is 0 Å². The molecule has 0 radical (unpaired) electrons. The zero-order chi connectivity index (χ0) is 13.2.